The summed E-state index contributed by atoms with van der Waals surface area (Å²) in [6, 6.07) is 10.2. The van der Waals surface area contributed by atoms with Crippen LogP contribution in [-0.2, 0) is 13.0 Å². The number of hydrogen-bond acceptors (Lipinski definition) is 5. The zero-order valence-electron chi connectivity index (χ0n) is 21.4. The third-order valence-corrected chi connectivity index (χ3v) is 6.54. The lowest BCUT2D eigenvalue weighted by molar-refractivity contribution is 0.0964. The van der Waals surface area contributed by atoms with Gasteiger partial charge in [0.25, 0.3) is 5.91 Å². The number of hydrogen-bond donors (Lipinski definition) is 2. The molecule has 0 fully saturated rings. The van der Waals surface area contributed by atoms with Gasteiger partial charge in [0.05, 0.1) is 28.3 Å². The zero-order chi connectivity index (χ0) is 26.0. The van der Waals surface area contributed by atoms with Crippen molar-refractivity contribution in [1.82, 2.24) is 14.9 Å². The molecule has 0 saturated heterocycles. The number of benzene rings is 1. The van der Waals surface area contributed by atoms with Crippen LogP contribution in [0.25, 0.3) is 45.8 Å². The highest BCUT2D eigenvalue weighted by Gasteiger charge is 2.24. The molecule has 0 atom stereocenters. The number of rotatable bonds is 5. The first kappa shape index (κ1) is 25.4. The molecule has 4 aromatic rings. The molecule has 0 saturated carbocycles. The van der Waals surface area contributed by atoms with Crippen molar-refractivity contribution >= 4 is 47.5 Å². The number of carbonyl (C=O) groups is 1. The molecule has 1 N–H and O–H groups in total. The number of pyridine rings is 1. The molecule has 1 aromatic carbocycles. The van der Waals surface area contributed by atoms with Gasteiger partial charge in [-0.1, -0.05) is 51.5 Å². The molecule has 5 rings (SSSR count). The van der Waals surface area contributed by atoms with Crippen molar-refractivity contribution in [2.45, 2.75) is 33.7 Å². The van der Waals surface area contributed by atoms with Crippen LogP contribution in [0, 0.1) is 0 Å². The van der Waals surface area contributed by atoms with Gasteiger partial charge in [-0.05, 0) is 48.7 Å². The average Bonchev–Trinajstić information content (AvgIpc) is 3.49. The van der Waals surface area contributed by atoms with Gasteiger partial charge >= 0.3 is 0 Å². The molecule has 36 heavy (non-hydrogen) atoms. The largest absolute Gasteiger partial charge is 0.463 e. The van der Waals surface area contributed by atoms with E-state index in [1.807, 2.05) is 58.2 Å². The van der Waals surface area contributed by atoms with Crippen molar-refractivity contribution < 1.29 is 9.21 Å². The Morgan fingerprint density at radius 1 is 1.28 bits per heavy atom. The summed E-state index contributed by atoms with van der Waals surface area (Å²) >= 11 is 4.56. The minimum atomic E-state index is -0.193. The second-order valence-corrected chi connectivity index (χ2v) is 8.90. The lowest BCUT2D eigenvalue weighted by Gasteiger charge is -2.22. The van der Waals surface area contributed by atoms with Gasteiger partial charge in [0.2, 0.25) is 0 Å². The predicted molar refractivity (Wildman–Crippen MR) is 154 cm³/mol. The first-order valence-electron chi connectivity index (χ1n) is 12.2. The zero-order valence-corrected chi connectivity index (χ0v) is 22.3. The molecule has 0 unspecified atom stereocenters. The van der Waals surface area contributed by atoms with Crippen molar-refractivity contribution in [3.63, 3.8) is 0 Å². The van der Waals surface area contributed by atoms with Crippen LogP contribution in [0.3, 0.4) is 0 Å². The predicted octanol–water partition coefficient (Wildman–Crippen LogP) is 6.86. The monoisotopic (exact) mass is 500 g/mol. The third kappa shape index (κ3) is 4.24. The van der Waals surface area contributed by atoms with E-state index in [1.165, 1.54) is 11.8 Å². The Bertz CT molecular complexity index is 1480. The first-order chi connectivity index (χ1) is 17.5. The van der Waals surface area contributed by atoms with Gasteiger partial charge in [0.1, 0.15) is 11.8 Å². The number of furan rings is 1. The molecular formula is C29H32N4O2S. The van der Waals surface area contributed by atoms with E-state index in [-0.39, 0.29) is 5.91 Å². The van der Waals surface area contributed by atoms with Gasteiger partial charge in [-0.2, -0.15) is 0 Å². The molecule has 0 spiro atoms. The number of fused-ring (bicyclic) bond motifs is 4. The SMILES string of the molecule is C=Cc1cc2n(c1/C=C\C)CCc1ccc(-c3cc4c(C(=O)NC)coc4cc3N(C)S)nc1-2.CC. The first-order valence-corrected chi connectivity index (χ1v) is 12.6. The summed E-state index contributed by atoms with van der Waals surface area (Å²) in [6.45, 7) is 10.9. The molecule has 4 heterocycles. The van der Waals surface area contributed by atoms with Gasteiger partial charge in [-0.25, -0.2) is 4.98 Å². The van der Waals surface area contributed by atoms with Crippen LogP contribution in [-0.4, -0.2) is 29.6 Å². The Morgan fingerprint density at radius 2 is 2.06 bits per heavy atom. The van der Waals surface area contributed by atoms with Crippen molar-refractivity contribution in [3.05, 3.63) is 71.6 Å². The van der Waals surface area contributed by atoms with Crippen LogP contribution in [0.15, 0.2) is 53.7 Å². The number of allylic oxidation sites excluding steroid dienone is 1. The van der Waals surface area contributed by atoms with E-state index in [2.05, 4.69) is 47.5 Å². The Labute approximate surface area is 217 Å². The number of nitrogens with zero attached hydrogens (tertiary/aromatic N) is 3. The minimum absolute atomic E-state index is 0.193. The van der Waals surface area contributed by atoms with Crippen LogP contribution in [0.1, 0.15) is 48.0 Å². The fourth-order valence-corrected chi connectivity index (χ4v) is 4.83. The van der Waals surface area contributed by atoms with Crippen molar-refractivity contribution in [3.8, 4) is 22.6 Å². The van der Waals surface area contributed by atoms with Crippen molar-refractivity contribution in [2.24, 2.45) is 0 Å². The summed E-state index contributed by atoms with van der Waals surface area (Å²) in [5, 5.41) is 3.41. The lowest BCUT2D eigenvalue weighted by Crippen LogP contribution is -2.17. The molecule has 1 amide bonds. The third-order valence-electron chi connectivity index (χ3n) is 6.33. The number of thiol groups is 1. The Kier molecular flexibility index (Phi) is 7.40. The second-order valence-electron chi connectivity index (χ2n) is 8.30. The van der Waals surface area contributed by atoms with Crippen LogP contribution >= 0.6 is 12.8 Å². The highest BCUT2D eigenvalue weighted by molar-refractivity contribution is 7.81. The maximum atomic E-state index is 12.4. The quantitative estimate of drug-likeness (QED) is 0.294. The molecule has 3 aromatic heterocycles. The summed E-state index contributed by atoms with van der Waals surface area (Å²) in [4.78, 5) is 17.5. The summed E-state index contributed by atoms with van der Waals surface area (Å²) in [6.07, 6.45) is 8.46. The van der Waals surface area contributed by atoms with E-state index in [1.54, 1.807) is 11.4 Å². The molecular weight excluding hydrogens is 468 g/mol. The smallest absolute Gasteiger partial charge is 0.254 e. The number of aromatic nitrogens is 2. The molecule has 1 aliphatic rings. The van der Waals surface area contributed by atoms with E-state index >= 15 is 0 Å². The van der Waals surface area contributed by atoms with E-state index in [0.29, 0.717) is 11.1 Å². The van der Waals surface area contributed by atoms with Gasteiger partial charge in [-0.15, -0.1) is 0 Å². The molecule has 6 nitrogen and oxygen atoms in total. The number of carbonyl (C=O) groups excluding carboxylic acids is 1. The second kappa shape index (κ2) is 10.5. The van der Waals surface area contributed by atoms with Crippen molar-refractivity contribution in [1.29, 1.82) is 0 Å². The van der Waals surface area contributed by atoms with Crippen LogP contribution in [0.4, 0.5) is 5.69 Å². The summed E-state index contributed by atoms with van der Waals surface area (Å²) in [7, 11) is 3.47. The minimum Gasteiger partial charge on any atom is -0.463 e. The van der Waals surface area contributed by atoms with Gasteiger partial charge < -0.3 is 18.6 Å². The number of aryl methyl sites for hydroxylation is 1. The highest BCUT2D eigenvalue weighted by Crippen LogP contribution is 2.39. The lowest BCUT2D eigenvalue weighted by atomic mass is 9.99. The normalized spacial score (nSPS) is 12.1. The summed E-state index contributed by atoms with van der Waals surface area (Å²) in [5.41, 5.74) is 9.15. The van der Waals surface area contributed by atoms with Crippen LogP contribution < -0.4 is 9.62 Å². The van der Waals surface area contributed by atoms with E-state index in [4.69, 9.17) is 9.40 Å². The van der Waals surface area contributed by atoms with Crippen LogP contribution in [0.2, 0.25) is 0 Å². The van der Waals surface area contributed by atoms with Gasteiger partial charge in [0.15, 0.2) is 0 Å². The highest BCUT2D eigenvalue weighted by atomic mass is 32.1. The van der Waals surface area contributed by atoms with Gasteiger partial charge in [-0.3, -0.25) is 4.79 Å². The number of nitrogens with one attached hydrogen (secondary N) is 1. The molecule has 7 heteroatoms. The average molecular weight is 501 g/mol. The van der Waals surface area contributed by atoms with E-state index < -0.39 is 0 Å². The molecule has 0 bridgehead atoms. The fraction of sp³-hybridized carbons (Fsp3) is 0.241. The Hall–Kier alpha value is -3.71. The fourth-order valence-electron chi connectivity index (χ4n) is 4.67. The van der Waals surface area contributed by atoms with Crippen LogP contribution in [0.5, 0.6) is 0 Å². The Balaban J connectivity index is 0.00000148. The molecule has 0 radical (unpaired) electrons. The maximum absolute atomic E-state index is 12.4. The maximum Gasteiger partial charge on any atom is 0.254 e. The number of anilines is 1. The standard InChI is InChI=1S/C27H26N4O2S.C2H6/c1-5-7-22-16(6-2)12-24-26-17(10-11-31(22)24)8-9-21(29-26)19-13-18-20(27(32)28-3)15-33-25(18)14-23(19)30(4)34;1-2/h5-9,12-15,34H,2,10-11H2,1,3-4H3,(H,28,32);1-2H3/b7-5-;. The number of amides is 1. The molecule has 186 valence electrons. The van der Waals surface area contributed by atoms with E-state index in [9.17, 15) is 4.79 Å². The summed E-state index contributed by atoms with van der Waals surface area (Å²) < 4.78 is 9.73. The molecule has 1 aliphatic heterocycles. The Morgan fingerprint density at radius 3 is 2.72 bits per heavy atom. The van der Waals surface area contributed by atoms with Gasteiger partial charge in [0, 0.05) is 43.4 Å². The van der Waals surface area contributed by atoms with Crippen molar-refractivity contribution in [2.75, 3.05) is 18.4 Å². The van der Waals surface area contributed by atoms with E-state index in [0.717, 1.165) is 57.9 Å². The molecule has 0 aliphatic carbocycles. The topological polar surface area (TPSA) is 63.3 Å². The summed E-state index contributed by atoms with van der Waals surface area (Å²) in [5.74, 6) is -0.193.